The zero-order valence-electron chi connectivity index (χ0n) is 12.3. The summed E-state index contributed by atoms with van der Waals surface area (Å²) in [4.78, 5) is 0. The van der Waals surface area contributed by atoms with E-state index in [9.17, 15) is 0 Å². The Morgan fingerprint density at radius 3 is 2.28 bits per heavy atom. The molecular weight excluding hydrogens is 238 g/mol. The first-order valence-electron chi connectivity index (χ1n) is 6.83. The molecule has 0 aliphatic rings. The van der Waals surface area contributed by atoms with E-state index < -0.39 is 8.07 Å². The highest BCUT2D eigenvalue weighted by molar-refractivity contribution is 6.88. The van der Waals surface area contributed by atoms with Gasteiger partial charge in [0, 0.05) is 20.3 Å². The minimum absolute atomic E-state index is 0.868. The molecule has 1 aromatic carbocycles. The van der Waals surface area contributed by atoms with Crippen molar-refractivity contribution in [2.75, 3.05) is 20.3 Å². The molecule has 0 aromatic heterocycles. The van der Waals surface area contributed by atoms with E-state index in [1.165, 1.54) is 17.2 Å². The quantitative estimate of drug-likeness (QED) is 0.576. The fourth-order valence-corrected chi connectivity index (χ4v) is 3.02. The molecule has 0 bridgehead atoms. The molecule has 0 saturated heterocycles. The average Bonchev–Trinajstić information content (AvgIpc) is 2.33. The van der Waals surface area contributed by atoms with Crippen LogP contribution >= 0.6 is 0 Å². The van der Waals surface area contributed by atoms with Crippen LogP contribution in [0.3, 0.4) is 0 Å². The van der Waals surface area contributed by atoms with Crippen LogP contribution in [0.25, 0.3) is 0 Å². The molecule has 102 valence electrons. The highest BCUT2D eigenvalue weighted by atomic mass is 28.3. The number of methoxy groups -OCH3 is 1. The Labute approximate surface area is 113 Å². The lowest BCUT2D eigenvalue weighted by atomic mass is 10.2. The van der Waals surface area contributed by atoms with Crippen LogP contribution in [0, 0.1) is 0 Å². The Hall–Kier alpha value is -0.643. The van der Waals surface area contributed by atoms with Gasteiger partial charge in [-0.25, -0.2) is 0 Å². The van der Waals surface area contributed by atoms with Crippen molar-refractivity contribution in [3.63, 3.8) is 0 Å². The summed E-state index contributed by atoms with van der Waals surface area (Å²) in [5.74, 6) is 0. The first-order chi connectivity index (χ1) is 8.54. The molecule has 3 heteroatoms. The predicted octanol–water partition coefficient (Wildman–Crippen LogP) is 2.75. The normalized spacial score (nSPS) is 11.8. The minimum atomic E-state index is -1.14. The Morgan fingerprint density at radius 2 is 1.72 bits per heavy atom. The number of benzene rings is 1. The zero-order chi connectivity index (χ0) is 13.4. The second-order valence-electron chi connectivity index (χ2n) is 5.82. The maximum Gasteiger partial charge on any atom is 0.0775 e. The summed E-state index contributed by atoms with van der Waals surface area (Å²) in [5, 5.41) is 5.01. The lowest BCUT2D eigenvalue weighted by molar-refractivity contribution is 0.192. The van der Waals surface area contributed by atoms with Gasteiger partial charge in [0.25, 0.3) is 0 Å². The van der Waals surface area contributed by atoms with Crippen LogP contribution in [0.4, 0.5) is 0 Å². The number of rotatable bonds is 8. The molecule has 1 rings (SSSR count). The molecule has 0 atom stereocenters. The highest BCUT2D eigenvalue weighted by Crippen LogP contribution is 2.04. The number of hydrogen-bond acceptors (Lipinski definition) is 2. The molecule has 0 saturated carbocycles. The Kier molecular flexibility index (Phi) is 6.61. The number of ether oxygens (including phenoxy) is 1. The van der Waals surface area contributed by atoms with Crippen LogP contribution in [-0.2, 0) is 11.3 Å². The van der Waals surface area contributed by atoms with Crippen molar-refractivity contribution >= 4 is 13.3 Å². The van der Waals surface area contributed by atoms with E-state index in [4.69, 9.17) is 4.74 Å². The van der Waals surface area contributed by atoms with Crippen LogP contribution in [0.1, 0.15) is 18.4 Å². The van der Waals surface area contributed by atoms with Gasteiger partial charge in [-0.3, -0.25) is 0 Å². The van der Waals surface area contributed by atoms with E-state index >= 15 is 0 Å². The van der Waals surface area contributed by atoms with Gasteiger partial charge in [0.2, 0.25) is 0 Å². The van der Waals surface area contributed by atoms with E-state index in [1.807, 2.05) is 0 Å². The third-order valence-corrected chi connectivity index (χ3v) is 5.17. The van der Waals surface area contributed by atoms with Crippen molar-refractivity contribution in [3.05, 3.63) is 29.8 Å². The average molecular weight is 265 g/mol. The summed E-state index contributed by atoms with van der Waals surface area (Å²) in [6.07, 6.45) is 2.32. The molecular formula is C15H27NOSi. The first-order valence-corrected chi connectivity index (χ1v) is 10.3. The molecule has 2 nitrogen and oxygen atoms in total. The van der Waals surface area contributed by atoms with E-state index in [-0.39, 0.29) is 0 Å². The SMILES string of the molecule is COCCCCNCc1ccc([Si](C)(C)C)cc1. The molecule has 0 spiro atoms. The van der Waals surface area contributed by atoms with Gasteiger partial charge >= 0.3 is 0 Å². The second kappa shape index (κ2) is 7.72. The van der Waals surface area contributed by atoms with Crippen LogP contribution in [0.5, 0.6) is 0 Å². The molecule has 0 aliphatic carbocycles. The lowest BCUT2D eigenvalue weighted by Crippen LogP contribution is -2.37. The van der Waals surface area contributed by atoms with Crippen molar-refractivity contribution in [2.24, 2.45) is 0 Å². The van der Waals surface area contributed by atoms with Crippen LogP contribution in [0.15, 0.2) is 24.3 Å². The molecule has 0 unspecified atom stereocenters. The molecule has 1 N–H and O–H groups in total. The van der Waals surface area contributed by atoms with Gasteiger partial charge in [-0.05, 0) is 24.9 Å². The van der Waals surface area contributed by atoms with Crippen LogP contribution in [-0.4, -0.2) is 28.3 Å². The Morgan fingerprint density at radius 1 is 1.06 bits per heavy atom. The number of hydrogen-bond donors (Lipinski definition) is 1. The standard InChI is InChI=1S/C15H27NOSi/c1-17-12-6-5-11-16-13-14-7-9-15(10-8-14)18(2,3)4/h7-10,16H,5-6,11-13H2,1-4H3. The van der Waals surface area contributed by atoms with Crippen LogP contribution in [0.2, 0.25) is 19.6 Å². The van der Waals surface area contributed by atoms with Crippen molar-refractivity contribution < 1.29 is 4.74 Å². The third-order valence-electron chi connectivity index (χ3n) is 3.10. The molecule has 0 radical (unpaired) electrons. The number of unbranched alkanes of at least 4 members (excludes halogenated alkanes) is 1. The molecule has 0 aliphatic heterocycles. The van der Waals surface area contributed by atoms with Gasteiger partial charge in [-0.2, -0.15) is 0 Å². The smallest absolute Gasteiger partial charge is 0.0775 e. The van der Waals surface area contributed by atoms with Crippen molar-refractivity contribution in [2.45, 2.75) is 39.0 Å². The Bertz CT molecular complexity index is 329. The lowest BCUT2D eigenvalue weighted by Gasteiger charge is -2.16. The van der Waals surface area contributed by atoms with Gasteiger partial charge in [0.05, 0.1) is 8.07 Å². The fraction of sp³-hybridized carbons (Fsp3) is 0.600. The topological polar surface area (TPSA) is 21.3 Å². The van der Waals surface area contributed by atoms with Gasteiger partial charge < -0.3 is 10.1 Å². The summed E-state index contributed by atoms with van der Waals surface area (Å²) in [5.41, 5.74) is 1.38. The van der Waals surface area contributed by atoms with Crippen molar-refractivity contribution in [1.29, 1.82) is 0 Å². The maximum absolute atomic E-state index is 5.03. The molecule has 18 heavy (non-hydrogen) atoms. The van der Waals surface area contributed by atoms with E-state index in [2.05, 4.69) is 49.2 Å². The Balaban J connectivity index is 2.27. The maximum atomic E-state index is 5.03. The van der Waals surface area contributed by atoms with Crippen LogP contribution < -0.4 is 10.5 Å². The minimum Gasteiger partial charge on any atom is -0.385 e. The van der Waals surface area contributed by atoms with Crippen molar-refractivity contribution in [1.82, 2.24) is 5.32 Å². The van der Waals surface area contributed by atoms with E-state index in [1.54, 1.807) is 7.11 Å². The summed E-state index contributed by atoms with van der Waals surface area (Å²) in [6.45, 7) is 10.1. The summed E-state index contributed by atoms with van der Waals surface area (Å²) < 4.78 is 5.03. The highest BCUT2D eigenvalue weighted by Gasteiger charge is 2.15. The third kappa shape index (κ3) is 5.80. The predicted molar refractivity (Wildman–Crippen MR) is 82.2 cm³/mol. The summed E-state index contributed by atoms with van der Waals surface area (Å²) in [6, 6.07) is 9.12. The van der Waals surface area contributed by atoms with Gasteiger partial charge in [0.1, 0.15) is 0 Å². The monoisotopic (exact) mass is 265 g/mol. The number of nitrogens with one attached hydrogen (secondary N) is 1. The first kappa shape index (κ1) is 15.4. The summed E-state index contributed by atoms with van der Waals surface area (Å²) >= 11 is 0. The summed E-state index contributed by atoms with van der Waals surface area (Å²) in [7, 11) is 0.614. The zero-order valence-corrected chi connectivity index (χ0v) is 13.3. The van der Waals surface area contributed by atoms with Gasteiger partial charge in [-0.15, -0.1) is 0 Å². The molecule has 0 fully saturated rings. The molecule has 0 amide bonds. The van der Waals surface area contributed by atoms with Crippen molar-refractivity contribution in [3.8, 4) is 0 Å². The second-order valence-corrected chi connectivity index (χ2v) is 10.9. The largest absolute Gasteiger partial charge is 0.385 e. The fourth-order valence-electron chi connectivity index (χ4n) is 1.85. The molecule has 1 aromatic rings. The van der Waals surface area contributed by atoms with Gasteiger partial charge in [-0.1, -0.05) is 49.1 Å². The van der Waals surface area contributed by atoms with Gasteiger partial charge in [0.15, 0.2) is 0 Å². The molecule has 0 heterocycles. The van der Waals surface area contributed by atoms with E-state index in [0.29, 0.717) is 0 Å². The van der Waals surface area contributed by atoms with E-state index in [0.717, 1.165) is 26.1 Å².